The van der Waals surface area contributed by atoms with Crippen molar-refractivity contribution in [3.63, 3.8) is 0 Å². The molecular weight excluding hydrogens is 214 g/mol. The predicted octanol–water partition coefficient (Wildman–Crippen LogP) is 3.21. The molecular formula is C13H9N3O. The second kappa shape index (κ2) is 4.93. The Bertz CT molecular complexity index is 661. The minimum Gasteiger partial charge on any atom is -0.507 e. The van der Waals surface area contributed by atoms with E-state index in [0.717, 1.165) is 10.8 Å². The van der Waals surface area contributed by atoms with Gasteiger partial charge in [0.15, 0.2) is 0 Å². The number of hydrogen-bond acceptors (Lipinski definition) is 2. The average molecular weight is 223 g/mol. The molecule has 82 valence electrons. The van der Waals surface area contributed by atoms with Crippen LogP contribution in [-0.2, 0) is 0 Å². The van der Waals surface area contributed by atoms with Crippen molar-refractivity contribution >= 4 is 10.8 Å². The van der Waals surface area contributed by atoms with Crippen LogP contribution >= 0.6 is 0 Å². The molecule has 0 aliphatic rings. The fourth-order valence-corrected chi connectivity index (χ4v) is 1.59. The molecule has 2 rings (SSSR count). The summed E-state index contributed by atoms with van der Waals surface area (Å²) in [4.78, 5) is 2.61. The molecule has 2 aromatic carbocycles. The molecule has 4 heteroatoms. The van der Waals surface area contributed by atoms with Crippen molar-refractivity contribution in [1.29, 1.82) is 0 Å². The summed E-state index contributed by atoms with van der Waals surface area (Å²) in [7, 11) is 0. The molecule has 0 amide bonds. The quantitative estimate of drug-likeness (QED) is 0.343. The summed E-state index contributed by atoms with van der Waals surface area (Å²) in [6, 6.07) is 11.1. The van der Waals surface area contributed by atoms with Gasteiger partial charge in [0.1, 0.15) is 5.75 Å². The van der Waals surface area contributed by atoms with Crippen LogP contribution in [0.25, 0.3) is 21.2 Å². The molecule has 0 fully saturated rings. The van der Waals surface area contributed by atoms with E-state index in [1.807, 2.05) is 30.3 Å². The largest absolute Gasteiger partial charge is 0.507 e. The number of phenols is 1. The van der Waals surface area contributed by atoms with Crippen LogP contribution in [0.4, 0.5) is 0 Å². The van der Waals surface area contributed by atoms with Crippen molar-refractivity contribution in [3.05, 3.63) is 52.4 Å². The second-order valence-corrected chi connectivity index (χ2v) is 3.37. The van der Waals surface area contributed by atoms with E-state index in [0.29, 0.717) is 5.56 Å². The third-order valence-corrected chi connectivity index (χ3v) is 2.33. The van der Waals surface area contributed by atoms with Crippen LogP contribution in [0.1, 0.15) is 5.56 Å². The highest BCUT2D eigenvalue weighted by molar-refractivity contribution is 5.90. The van der Waals surface area contributed by atoms with Gasteiger partial charge in [0.2, 0.25) is 0 Å². The van der Waals surface area contributed by atoms with Gasteiger partial charge in [-0.3, -0.25) is 0 Å². The topological polar surface area (TPSA) is 69.0 Å². The second-order valence-electron chi connectivity index (χ2n) is 3.37. The molecule has 0 saturated heterocycles. The molecule has 0 aliphatic carbocycles. The van der Waals surface area contributed by atoms with Crippen LogP contribution in [0.5, 0.6) is 5.75 Å². The Hall–Kier alpha value is -2.63. The summed E-state index contributed by atoms with van der Waals surface area (Å²) in [6.45, 7) is 0.0964. The van der Waals surface area contributed by atoms with Gasteiger partial charge >= 0.3 is 0 Å². The first-order valence-electron chi connectivity index (χ1n) is 5.03. The number of aromatic hydroxyl groups is 1. The van der Waals surface area contributed by atoms with Gasteiger partial charge in [-0.1, -0.05) is 47.3 Å². The third kappa shape index (κ3) is 2.31. The molecule has 0 bridgehead atoms. The van der Waals surface area contributed by atoms with Crippen molar-refractivity contribution in [1.82, 2.24) is 0 Å². The maximum atomic E-state index is 9.76. The Morgan fingerprint density at radius 3 is 2.88 bits per heavy atom. The predicted molar refractivity (Wildman–Crippen MR) is 66.5 cm³/mol. The first kappa shape index (κ1) is 10.9. The van der Waals surface area contributed by atoms with E-state index >= 15 is 0 Å². The van der Waals surface area contributed by atoms with Crippen LogP contribution in [0.3, 0.4) is 0 Å². The van der Waals surface area contributed by atoms with Gasteiger partial charge in [-0.2, -0.15) is 0 Å². The molecule has 0 spiro atoms. The highest BCUT2D eigenvalue weighted by Gasteiger charge is 2.02. The molecule has 0 atom stereocenters. The monoisotopic (exact) mass is 223 g/mol. The number of rotatable bonds is 1. The van der Waals surface area contributed by atoms with Crippen LogP contribution in [0.2, 0.25) is 0 Å². The molecule has 0 aromatic heterocycles. The lowest BCUT2D eigenvalue weighted by Crippen LogP contribution is -1.81. The van der Waals surface area contributed by atoms with Gasteiger partial charge in [-0.25, -0.2) is 0 Å². The lowest BCUT2D eigenvalue weighted by atomic mass is 10.0. The van der Waals surface area contributed by atoms with Gasteiger partial charge in [0.25, 0.3) is 0 Å². The molecule has 4 nitrogen and oxygen atoms in total. The molecule has 0 unspecified atom stereocenters. The summed E-state index contributed by atoms with van der Waals surface area (Å²) < 4.78 is 0. The maximum absolute atomic E-state index is 9.76. The number of fused-ring (bicyclic) bond motifs is 1. The van der Waals surface area contributed by atoms with E-state index in [2.05, 4.69) is 21.9 Å². The molecule has 0 heterocycles. The van der Waals surface area contributed by atoms with E-state index in [1.165, 1.54) is 0 Å². The summed E-state index contributed by atoms with van der Waals surface area (Å²) in [5, 5.41) is 15.0. The van der Waals surface area contributed by atoms with E-state index in [1.54, 1.807) is 6.07 Å². The molecule has 0 radical (unpaired) electrons. The third-order valence-electron chi connectivity index (χ3n) is 2.33. The van der Waals surface area contributed by atoms with E-state index in [-0.39, 0.29) is 12.3 Å². The Morgan fingerprint density at radius 2 is 2.06 bits per heavy atom. The smallest absolute Gasteiger partial charge is 0.131 e. The number of hydrogen-bond donors (Lipinski definition) is 1. The SMILES string of the molecule is [N-]=[N+]=NCC#Cc1c(O)ccc2ccccc12. The number of benzene rings is 2. The van der Waals surface area contributed by atoms with Crippen LogP contribution in [-0.4, -0.2) is 11.7 Å². The minimum atomic E-state index is 0.0964. The molecule has 2 aromatic rings. The Kier molecular flexibility index (Phi) is 3.15. The first-order valence-corrected chi connectivity index (χ1v) is 5.03. The van der Waals surface area contributed by atoms with Gasteiger partial charge in [0, 0.05) is 10.3 Å². The summed E-state index contributed by atoms with van der Waals surface area (Å²) in [5.74, 6) is 5.67. The van der Waals surface area contributed by atoms with Crippen molar-refractivity contribution in [2.45, 2.75) is 0 Å². The lowest BCUT2D eigenvalue weighted by Gasteiger charge is -2.02. The highest BCUT2D eigenvalue weighted by atomic mass is 16.3. The van der Waals surface area contributed by atoms with Crippen LogP contribution in [0.15, 0.2) is 41.5 Å². The van der Waals surface area contributed by atoms with Crippen LogP contribution in [0, 0.1) is 11.8 Å². The van der Waals surface area contributed by atoms with Crippen molar-refractivity contribution in [2.24, 2.45) is 5.11 Å². The summed E-state index contributed by atoms with van der Waals surface area (Å²) >= 11 is 0. The summed E-state index contributed by atoms with van der Waals surface area (Å²) in [6.07, 6.45) is 0. The van der Waals surface area contributed by atoms with E-state index in [9.17, 15) is 5.11 Å². The first-order chi connectivity index (χ1) is 8.33. The standard InChI is InChI=1S/C13H9N3O/c14-16-15-9-3-6-12-11-5-2-1-4-10(11)7-8-13(12)17/h1-2,4-5,7-8,17H,9H2. The Morgan fingerprint density at radius 1 is 1.24 bits per heavy atom. The Balaban J connectivity index is 2.53. The van der Waals surface area contributed by atoms with E-state index < -0.39 is 0 Å². The molecule has 0 saturated carbocycles. The van der Waals surface area contributed by atoms with Gasteiger partial charge < -0.3 is 5.11 Å². The number of phenolic OH excluding ortho intramolecular Hbond substituents is 1. The maximum Gasteiger partial charge on any atom is 0.131 e. The highest BCUT2D eigenvalue weighted by Crippen LogP contribution is 2.25. The molecule has 1 N–H and O–H groups in total. The van der Waals surface area contributed by atoms with Gasteiger partial charge in [0.05, 0.1) is 12.1 Å². The van der Waals surface area contributed by atoms with Crippen molar-refractivity contribution in [2.75, 3.05) is 6.54 Å². The fourth-order valence-electron chi connectivity index (χ4n) is 1.59. The summed E-state index contributed by atoms with van der Waals surface area (Å²) in [5.41, 5.74) is 8.70. The normalized spacial score (nSPS) is 9.18. The Labute approximate surface area is 98.1 Å². The minimum absolute atomic E-state index is 0.0964. The molecule has 17 heavy (non-hydrogen) atoms. The van der Waals surface area contributed by atoms with Gasteiger partial charge in [-0.15, -0.1) is 0 Å². The molecule has 0 aliphatic heterocycles. The zero-order valence-corrected chi connectivity index (χ0v) is 8.96. The van der Waals surface area contributed by atoms with Gasteiger partial charge in [-0.05, 0) is 17.0 Å². The van der Waals surface area contributed by atoms with E-state index in [4.69, 9.17) is 5.53 Å². The fraction of sp³-hybridized carbons (Fsp3) is 0.0769. The van der Waals surface area contributed by atoms with Crippen molar-refractivity contribution in [3.8, 4) is 17.6 Å². The average Bonchev–Trinajstić information content (AvgIpc) is 2.37. The van der Waals surface area contributed by atoms with Crippen molar-refractivity contribution < 1.29 is 5.11 Å². The van der Waals surface area contributed by atoms with Crippen LogP contribution < -0.4 is 0 Å². The lowest BCUT2D eigenvalue weighted by molar-refractivity contribution is 0.474. The number of nitrogens with zero attached hydrogens (tertiary/aromatic N) is 3. The zero-order chi connectivity index (χ0) is 12.1. The zero-order valence-electron chi connectivity index (χ0n) is 8.96. The number of azide groups is 1.